The van der Waals surface area contributed by atoms with Gasteiger partial charge in [0.2, 0.25) is 4.77 Å². The second kappa shape index (κ2) is 7.70. The van der Waals surface area contributed by atoms with Crippen LogP contribution in [-0.4, -0.2) is 21.1 Å². The van der Waals surface area contributed by atoms with E-state index in [-0.39, 0.29) is 0 Å². The molecule has 0 atom stereocenters. The van der Waals surface area contributed by atoms with E-state index in [1.165, 1.54) is 0 Å². The summed E-state index contributed by atoms with van der Waals surface area (Å²) < 4.78 is 7.90. The Kier molecular flexibility index (Phi) is 5.18. The molecular weight excluding hydrogens is 320 g/mol. The number of nitrogens with zero attached hydrogens (tertiary/aromatic N) is 3. The quantitative estimate of drug-likeness (QED) is 0.547. The smallest absolute Gasteiger partial charge is 0.216 e. The van der Waals surface area contributed by atoms with E-state index in [9.17, 15) is 0 Å². The van der Waals surface area contributed by atoms with Crippen molar-refractivity contribution in [2.45, 2.75) is 20.0 Å². The highest BCUT2D eigenvalue weighted by molar-refractivity contribution is 7.71. The van der Waals surface area contributed by atoms with Crippen molar-refractivity contribution in [1.82, 2.24) is 14.9 Å². The highest BCUT2D eigenvalue weighted by Gasteiger charge is 2.01. The minimum absolute atomic E-state index is 0.492. The van der Waals surface area contributed by atoms with Crippen molar-refractivity contribution in [2.24, 2.45) is 5.10 Å². The fourth-order valence-electron chi connectivity index (χ4n) is 2.19. The van der Waals surface area contributed by atoms with E-state index in [2.05, 4.69) is 15.3 Å². The molecule has 0 saturated carbocycles. The van der Waals surface area contributed by atoms with Crippen molar-refractivity contribution in [3.8, 4) is 5.75 Å². The van der Waals surface area contributed by atoms with Gasteiger partial charge in [-0.15, -0.1) is 0 Å². The van der Waals surface area contributed by atoms with Gasteiger partial charge in [-0.25, -0.2) is 0 Å². The number of aromatic nitrogens is 3. The zero-order valence-electron chi connectivity index (χ0n) is 13.3. The Morgan fingerprint density at radius 3 is 2.62 bits per heavy atom. The van der Waals surface area contributed by atoms with E-state index >= 15 is 0 Å². The van der Waals surface area contributed by atoms with Crippen molar-refractivity contribution >= 4 is 18.4 Å². The molecule has 0 spiro atoms. The van der Waals surface area contributed by atoms with Crippen LogP contribution in [-0.2, 0) is 13.0 Å². The van der Waals surface area contributed by atoms with Gasteiger partial charge in [0.05, 0.1) is 6.21 Å². The first-order valence-electron chi connectivity index (χ1n) is 7.73. The standard InChI is InChI=1S/C18H18N4OS/c1-2-17-20-21-18(24)22(17)19-12-14-8-10-16(11-9-14)23-13-15-6-4-3-5-7-15/h3-12H,2,13H2,1H3,(H,21,24)/b19-12-. The van der Waals surface area contributed by atoms with E-state index in [0.717, 1.165) is 29.1 Å². The number of benzene rings is 2. The van der Waals surface area contributed by atoms with Crippen molar-refractivity contribution in [2.75, 3.05) is 0 Å². The maximum Gasteiger partial charge on any atom is 0.216 e. The lowest BCUT2D eigenvalue weighted by Crippen LogP contribution is -1.97. The number of aromatic amines is 1. The summed E-state index contributed by atoms with van der Waals surface area (Å²) in [6.07, 6.45) is 2.52. The van der Waals surface area contributed by atoms with Crippen molar-refractivity contribution in [3.05, 3.63) is 76.3 Å². The maximum atomic E-state index is 5.77. The SMILES string of the molecule is CCc1n[nH]c(=S)n1/N=C\c1ccc(OCc2ccccc2)cc1. The van der Waals surface area contributed by atoms with E-state index in [4.69, 9.17) is 17.0 Å². The summed E-state index contributed by atoms with van der Waals surface area (Å²) in [7, 11) is 0. The average Bonchev–Trinajstić information content (AvgIpc) is 3.00. The molecule has 0 amide bonds. The third-order valence-electron chi connectivity index (χ3n) is 3.48. The zero-order chi connectivity index (χ0) is 16.8. The van der Waals surface area contributed by atoms with Gasteiger partial charge in [-0.3, -0.25) is 5.10 Å². The Morgan fingerprint density at radius 2 is 1.92 bits per heavy atom. The molecule has 0 bridgehead atoms. The predicted molar refractivity (Wildman–Crippen MR) is 97.0 cm³/mol. The van der Waals surface area contributed by atoms with E-state index in [1.54, 1.807) is 10.9 Å². The lowest BCUT2D eigenvalue weighted by molar-refractivity contribution is 0.306. The number of ether oxygens (including phenoxy) is 1. The number of hydrogen-bond acceptors (Lipinski definition) is 4. The summed E-state index contributed by atoms with van der Waals surface area (Å²) >= 11 is 5.17. The molecule has 0 saturated heterocycles. The van der Waals surface area contributed by atoms with E-state index < -0.39 is 0 Å². The molecule has 0 aliphatic carbocycles. The van der Waals surface area contributed by atoms with Gasteiger partial charge in [-0.2, -0.15) is 14.9 Å². The Morgan fingerprint density at radius 1 is 1.17 bits per heavy atom. The summed E-state index contributed by atoms with van der Waals surface area (Å²) in [6, 6.07) is 17.9. The van der Waals surface area contributed by atoms with Crippen molar-refractivity contribution in [1.29, 1.82) is 0 Å². The minimum atomic E-state index is 0.492. The van der Waals surface area contributed by atoms with Gasteiger partial charge in [0.1, 0.15) is 12.4 Å². The van der Waals surface area contributed by atoms with Crippen LogP contribution in [0.1, 0.15) is 23.9 Å². The summed E-state index contributed by atoms with van der Waals surface area (Å²) in [6.45, 7) is 2.56. The van der Waals surface area contributed by atoms with Gasteiger partial charge in [-0.1, -0.05) is 37.3 Å². The number of H-pyrrole nitrogens is 1. The topological polar surface area (TPSA) is 55.2 Å². The van der Waals surface area contributed by atoms with Crippen molar-refractivity contribution < 1.29 is 4.74 Å². The molecule has 0 aliphatic heterocycles. The molecule has 5 nitrogen and oxygen atoms in total. The monoisotopic (exact) mass is 338 g/mol. The largest absolute Gasteiger partial charge is 0.489 e. The second-order valence-electron chi connectivity index (χ2n) is 5.20. The van der Waals surface area contributed by atoms with Gasteiger partial charge >= 0.3 is 0 Å². The first-order chi connectivity index (χ1) is 11.8. The molecule has 1 N–H and O–H groups in total. The van der Waals surface area contributed by atoms with Crippen molar-refractivity contribution in [3.63, 3.8) is 0 Å². The van der Waals surface area contributed by atoms with Gasteiger partial charge in [-0.05, 0) is 47.6 Å². The third kappa shape index (κ3) is 3.97. The Bertz CT molecular complexity index is 866. The van der Waals surface area contributed by atoms with Crippen LogP contribution in [0.25, 0.3) is 0 Å². The van der Waals surface area contributed by atoms with Crippen LogP contribution < -0.4 is 4.74 Å². The fraction of sp³-hybridized carbons (Fsp3) is 0.167. The lowest BCUT2D eigenvalue weighted by Gasteiger charge is -2.06. The van der Waals surface area contributed by atoms with Crippen LogP contribution in [0.3, 0.4) is 0 Å². The van der Waals surface area contributed by atoms with Gasteiger partial charge in [0, 0.05) is 6.42 Å². The fourth-order valence-corrected chi connectivity index (χ4v) is 2.39. The summed E-state index contributed by atoms with van der Waals surface area (Å²) in [4.78, 5) is 0. The molecular formula is C18H18N4OS. The highest BCUT2D eigenvalue weighted by atomic mass is 32.1. The minimum Gasteiger partial charge on any atom is -0.489 e. The average molecular weight is 338 g/mol. The van der Waals surface area contributed by atoms with Crippen LogP contribution in [0.5, 0.6) is 5.75 Å². The van der Waals surface area contributed by atoms with Gasteiger partial charge < -0.3 is 4.74 Å². The van der Waals surface area contributed by atoms with E-state index in [1.807, 2.05) is 61.5 Å². The summed E-state index contributed by atoms with van der Waals surface area (Å²) in [5, 5.41) is 11.3. The van der Waals surface area contributed by atoms with Gasteiger partial charge in [0.25, 0.3) is 0 Å². The van der Waals surface area contributed by atoms with Gasteiger partial charge in [0.15, 0.2) is 5.82 Å². The lowest BCUT2D eigenvalue weighted by atomic mass is 10.2. The van der Waals surface area contributed by atoms with Crippen LogP contribution in [0, 0.1) is 4.77 Å². The zero-order valence-corrected chi connectivity index (χ0v) is 14.2. The second-order valence-corrected chi connectivity index (χ2v) is 5.58. The Balaban J connectivity index is 1.65. The molecule has 1 aromatic heterocycles. The molecule has 24 heavy (non-hydrogen) atoms. The molecule has 0 fully saturated rings. The van der Waals surface area contributed by atoms with Crippen LogP contribution >= 0.6 is 12.2 Å². The van der Waals surface area contributed by atoms with Crippen LogP contribution in [0.4, 0.5) is 0 Å². The molecule has 0 unspecified atom stereocenters. The predicted octanol–water partition coefficient (Wildman–Crippen LogP) is 3.96. The number of rotatable bonds is 6. The Hall–Kier alpha value is -2.73. The normalized spacial score (nSPS) is 11.0. The molecule has 3 rings (SSSR count). The first kappa shape index (κ1) is 16.1. The molecule has 6 heteroatoms. The number of hydrogen-bond donors (Lipinski definition) is 1. The highest BCUT2D eigenvalue weighted by Crippen LogP contribution is 2.13. The molecule has 3 aromatic rings. The number of nitrogens with one attached hydrogen (secondary N) is 1. The Labute approximate surface area is 145 Å². The summed E-state index contributed by atoms with van der Waals surface area (Å²) in [5.41, 5.74) is 2.11. The van der Waals surface area contributed by atoms with Crippen LogP contribution in [0.2, 0.25) is 0 Å². The molecule has 2 aromatic carbocycles. The maximum absolute atomic E-state index is 5.77. The molecule has 1 heterocycles. The molecule has 0 aliphatic rings. The van der Waals surface area contributed by atoms with Crippen LogP contribution in [0.15, 0.2) is 59.7 Å². The van der Waals surface area contributed by atoms with E-state index in [0.29, 0.717) is 11.4 Å². The molecule has 122 valence electrons. The summed E-state index contributed by atoms with van der Waals surface area (Å²) in [5.74, 6) is 1.63. The third-order valence-corrected chi connectivity index (χ3v) is 3.75. The number of aryl methyl sites for hydroxylation is 1. The first-order valence-corrected chi connectivity index (χ1v) is 8.14. The molecule has 0 radical (unpaired) electrons.